The molecule has 0 fully saturated rings. The summed E-state index contributed by atoms with van der Waals surface area (Å²) in [5.41, 5.74) is 0. The maximum absolute atomic E-state index is 5.96. The summed E-state index contributed by atoms with van der Waals surface area (Å²) < 4.78 is 11.0. The van der Waals surface area contributed by atoms with Crippen LogP contribution in [0, 0.1) is 0 Å². The van der Waals surface area contributed by atoms with E-state index in [2.05, 4.69) is 0 Å². The summed E-state index contributed by atoms with van der Waals surface area (Å²) in [5, 5.41) is 1.19. The Bertz CT molecular complexity index is 467. The van der Waals surface area contributed by atoms with Crippen LogP contribution >= 0.6 is 23.2 Å². The van der Waals surface area contributed by atoms with E-state index in [1.54, 1.807) is 12.1 Å². The van der Waals surface area contributed by atoms with Crippen LogP contribution in [0.3, 0.4) is 0 Å². The highest BCUT2D eigenvalue weighted by molar-refractivity contribution is 6.32. The summed E-state index contributed by atoms with van der Waals surface area (Å²) in [6.07, 6.45) is 0. The van der Waals surface area contributed by atoms with Crippen LogP contribution in [0.1, 0.15) is 0 Å². The van der Waals surface area contributed by atoms with E-state index in [9.17, 15) is 0 Å². The van der Waals surface area contributed by atoms with Crippen LogP contribution in [0.4, 0.5) is 0 Å². The van der Waals surface area contributed by atoms with Gasteiger partial charge in [-0.2, -0.15) is 0 Å². The Hall–Kier alpha value is -1.38. The van der Waals surface area contributed by atoms with Crippen LogP contribution < -0.4 is 9.47 Å². The molecule has 2 nitrogen and oxygen atoms in total. The fourth-order valence-corrected chi connectivity index (χ4v) is 1.81. The number of hydrogen-bond acceptors (Lipinski definition) is 2. The number of hydrogen-bond donors (Lipinski definition) is 0. The Morgan fingerprint density at radius 1 is 0.667 bits per heavy atom. The third kappa shape index (κ3) is 3.56. The summed E-state index contributed by atoms with van der Waals surface area (Å²) in [6.45, 7) is 0.823. The molecule has 0 atom stereocenters. The molecule has 2 aromatic rings. The summed E-state index contributed by atoms with van der Waals surface area (Å²) in [5.74, 6) is 1.31. The lowest BCUT2D eigenvalue weighted by Gasteiger charge is -2.10. The van der Waals surface area contributed by atoms with Crippen molar-refractivity contribution in [2.24, 2.45) is 0 Å². The lowest BCUT2D eigenvalue weighted by molar-refractivity contribution is 0.217. The van der Waals surface area contributed by atoms with E-state index < -0.39 is 0 Å². The SMILES string of the molecule is Clc1ccccc1OCCOc1ccccc1Cl. The first-order valence-corrected chi connectivity index (χ1v) is 6.27. The molecule has 18 heavy (non-hydrogen) atoms. The van der Waals surface area contributed by atoms with Crippen molar-refractivity contribution in [3.8, 4) is 11.5 Å². The van der Waals surface area contributed by atoms with Gasteiger partial charge in [0.15, 0.2) is 0 Å². The zero-order chi connectivity index (χ0) is 12.8. The van der Waals surface area contributed by atoms with Crippen LogP contribution in [-0.2, 0) is 0 Å². The average molecular weight is 283 g/mol. The smallest absolute Gasteiger partial charge is 0.138 e. The molecule has 0 saturated carbocycles. The second-order valence-electron chi connectivity index (χ2n) is 3.56. The highest BCUT2D eigenvalue weighted by Gasteiger charge is 2.01. The molecule has 0 heterocycles. The zero-order valence-electron chi connectivity index (χ0n) is 9.61. The van der Waals surface area contributed by atoms with E-state index in [1.807, 2.05) is 36.4 Å². The summed E-state index contributed by atoms with van der Waals surface area (Å²) >= 11 is 11.9. The minimum Gasteiger partial charge on any atom is -0.488 e. The standard InChI is InChI=1S/C14H12Cl2O2/c15-11-5-1-3-7-13(11)17-9-10-18-14-8-4-2-6-12(14)16/h1-8H,9-10H2. The van der Waals surface area contributed by atoms with Gasteiger partial charge in [0, 0.05) is 0 Å². The quantitative estimate of drug-likeness (QED) is 0.755. The van der Waals surface area contributed by atoms with Gasteiger partial charge in [0.25, 0.3) is 0 Å². The summed E-state index contributed by atoms with van der Waals surface area (Å²) in [7, 11) is 0. The number of ether oxygens (including phenoxy) is 2. The Morgan fingerprint density at radius 3 is 1.44 bits per heavy atom. The molecule has 0 bridgehead atoms. The average Bonchev–Trinajstić information content (AvgIpc) is 2.38. The van der Waals surface area contributed by atoms with E-state index in [1.165, 1.54) is 0 Å². The molecule has 0 amide bonds. The van der Waals surface area contributed by atoms with Crippen LogP contribution in [0.5, 0.6) is 11.5 Å². The Morgan fingerprint density at radius 2 is 1.06 bits per heavy atom. The third-order valence-corrected chi connectivity index (χ3v) is 2.90. The number of rotatable bonds is 5. The molecule has 2 rings (SSSR count). The van der Waals surface area contributed by atoms with Crippen molar-refractivity contribution < 1.29 is 9.47 Å². The zero-order valence-corrected chi connectivity index (χ0v) is 11.1. The Balaban J connectivity index is 1.80. The van der Waals surface area contributed by atoms with Crippen LogP contribution in [0.25, 0.3) is 0 Å². The minimum absolute atomic E-state index is 0.412. The molecule has 2 aromatic carbocycles. The molecule has 94 valence electrons. The predicted octanol–water partition coefficient (Wildman–Crippen LogP) is 4.45. The first-order chi connectivity index (χ1) is 8.77. The maximum atomic E-state index is 5.96. The van der Waals surface area contributed by atoms with Crippen molar-refractivity contribution in [1.29, 1.82) is 0 Å². The van der Waals surface area contributed by atoms with E-state index in [4.69, 9.17) is 32.7 Å². The predicted molar refractivity (Wildman–Crippen MR) is 73.9 cm³/mol. The van der Waals surface area contributed by atoms with Gasteiger partial charge in [-0.15, -0.1) is 0 Å². The van der Waals surface area contributed by atoms with Gasteiger partial charge in [-0.1, -0.05) is 47.5 Å². The van der Waals surface area contributed by atoms with Crippen molar-refractivity contribution in [2.45, 2.75) is 0 Å². The maximum Gasteiger partial charge on any atom is 0.138 e. The topological polar surface area (TPSA) is 18.5 Å². The summed E-state index contributed by atoms with van der Waals surface area (Å²) in [6, 6.07) is 14.7. The second kappa shape index (κ2) is 6.53. The number of benzene rings is 2. The van der Waals surface area contributed by atoms with Gasteiger partial charge in [0.2, 0.25) is 0 Å². The van der Waals surface area contributed by atoms with E-state index in [-0.39, 0.29) is 0 Å². The molecule has 0 aliphatic carbocycles. The van der Waals surface area contributed by atoms with Crippen molar-refractivity contribution in [3.63, 3.8) is 0 Å². The van der Waals surface area contributed by atoms with E-state index in [0.717, 1.165) is 0 Å². The molecule has 0 aliphatic heterocycles. The lowest BCUT2D eigenvalue weighted by Crippen LogP contribution is -2.09. The van der Waals surface area contributed by atoms with Crippen LogP contribution in [0.15, 0.2) is 48.5 Å². The van der Waals surface area contributed by atoms with Gasteiger partial charge in [-0.3, -0.25) is 0 Å². The van der Waals surface area contributed by atoms with Crippen molar-refractivity contribution in [3.05, 3.63) is 58.6 Å². The Kier molecular flexibility index (Phi) is 4.73. The highest BCUT2D eigenvalue weighted by atomic mass is 35.5. The molecular weight excluding hydrogens is 271 g/mol. The number of para-hydroxylation sites is 2. The molecule has 0 saturated heterocycles. The molecule has 0 radical (unpaired) electrons. The van der Waals surface area contributed by atoms with Crippen molar-refractivity contribution in [2.75, 3.05) is 13.2 Å². The second-order valence-corrected chi connectivity index (χ2v) is 4.37. The van der Waals surface area contributed by atoms with E-state index >= 15 is 0 Å². The molecule has 0 N–H and O–H groups in total. The van der Waals surface area contributed by atoms with E-state index in [0.29, 0.717) is 34.8 Å². The molecule has 0 spiro atoms. The monoisotopic (exact) mass is 282 g/mol. The van der Waals surface area contributed by atoms with Gasteiger partial charge in [-0.05, 0) is 24.3 Å². The normalized spacial score (nSPS) is 10.1. The van der Waals surface area contributed by atoms with Crippen molar-refractivity contribution in [1.82, 2.24) is 0 Å². The molecule has 4 heteroatoms. The van der Waals surface area contributed by atoms with Crippen LogP contribution in [0.2, 0.25) is 10.0 Å². The molecular formula is C14H12Cl2O2. The molecule has 0 aromatic heterocycles. The number of halogens is 2. The van der Waals surface area contributed by atoms with Gasteiger partial charge in [0.05, 0.1) is 10.0 Å². The largest absolute Gasteiger partial charge is 0.488 e. The fraction of sp³-hybridized carbons (Fsp3) is 0.143. The van der Waals surface area contributed by atoms with Gasteiger partial charge in [-0.25, -0.2) is 0 Å². The molecule has 0 aliphatic rings. The Labute approximate surface area is 116 Å². The summed E-state index contributed by atoms with van der Waals surface area (Å²) in [4.78, 5) is 0. The van der Waals surface area contributed by atoms with Crippen molar-refractivity contribution >= 4 is 23.2 Å². The van der Waals surface area contributed by atoms with Gasteiger partial charge >= 0.3 is 0 Å². The highest BCUT2D eigenvalue weighted by Crippen LogP contribution is 2.24. The fourth-order valence-electron chi connectivity index (χ4n) is 1.43. The first kappa shape index (κ1) is 13.1. The third-order valence-electron chi connectivity index (χ3n) is 2.27. The van der Waals surface area contributed by atoms with Crippen LogP contribution in [-0.4, -0.2) is 13.2 Å². The van der Waals surface area contributed by atoms with Gasteiger partial charge < -0.3 is 9.47 Å². The lowest BCUT2D eigenvalue weighted by atomic mass is 10.3. The van der Waals surface area contributed by atoms with Gasteiger partial charge in [0.1, 0.15) is 24.7 Å². The first-order valence-electron chi connectivity index (χ1n) is 5.52. The molecule has 0 unspecified atom stereocenters. The minimum atomic E-state index is 0.412.